The molecule has 126 valence electrons. The van der Waals surface area contributed by atoms with E-state index < -0.39 is 0 Å². The van der Waals surface area contributed by atoms with Crippen LogP contribution >= 0.6 is 11.8 Å². The van der Waals surface area contributed by atoms with E-state index in [2.05, 4.69) is 15.2 Å². The van der Waals surface area contributed by atoms with Gasteiger partial charge in [-0.1, -0.05) is 42.1 Å². The zero-order valence-electron chi connectivity index (χ0n) is 13.4. The van der Waals surface area contributed by atoms with Crippen molar-refractivity contribution in [1.29, 1.82) is 0 Å². The molecule has 0 radical (unpaired) electrons. The maximum absolute atomic E-state index is 13.0. The zero-order chi connectivity index (χ0) is 16.4. The number of nitrogens with one attached hydrogen (secondary N) is 1. The number of rotatable bonds is 5. The number of ether oxygens (including phenoxy) is 1. The van der Waals surface area contributed by atoms with Gasteiger partial charge < -0.3 is 9.64 Å². The summed E-state index contributed by atoms with van der Waals surface area (Å²) in [4.78, 5) is 19.5. The Labute approximate surface area is 145 Å². The second kappa shape index (κ2) is 6.94. The molecule has 2 aliphatic rings. The Balaban J connectivity index is 1.56. The molecule has 1 saturated heterocycles. The molecule has 1 saturated carbocycles. The summed E-state index contributed by atoms with van der Waals surface area (Å²) in [7, 11) is 0. The molecule has 6 nitrogen and oxygen atoms in total. The molecule has 4 rings (SSSR count). The van der Waals surface area contributed by atoms with Crippen LogP contribution < -0.4 is 0 Å². The smallest absolute Gasteiger partial charge is 0.240 e. The number of carbonyl (C=O) groups excluding carboxylic acids is 1. The number of hydrogen-bond donors (Lipinski definition) is 1. The molecule has 1 amide bonds. The van der Waals surface area contributed by atoms with Crippen LogP contribution in [0.15, 0.2) is 35.5 Å². The number of carbonyl (C=O) groups is 1. The van der Waals surface area contributed by atoms with Crippen LogP contribution in [-0.4, -0.2) is 52.3 Å². The molecule has 1 N–H and O–H groups in total. The Hall–Kier alpha value is -1.86. The quantitative estimate of drug-likeness (QED) is 0.843. The van der Waals surface area contributed by atoms with Crippen LogP contribution in [0.5, 0.6) is 0 Å². The number of thioether (sulfide) groups is 1. The van der Waals surface area contributed by atoms with Crippen molar-refractivity contribution < 1.29 is 9.53 Å². The van der Waals surface area contributed by atoms with Gasteiger partial charge in [0.1, 0.15) is 11.1 Å². The van der Waals surface area contributed by atoms with E-state index >= 15 is 0 Å². The number of amides is 1. The average Bonchev–Trinajstić information content (AvgIpc) is 3.39. The molecule has 0 spiro atoms. The molecule has 1 aliphatic heterocycles. The fourth-order valence-electron chi connectivity index (χ4n) is 2.79. The first kappa shape index (κ1) is 15.7. The molecular weight excluding hydrogens is 324 g/mol. The lowest BCUT2D eigenvalue weighted by molar-refractivity contribution is -0.134. The third-order valence-corrected chi connectivity index (χ3v) is 5.42. The van der Waals surface area contributed by atoms with E-state index in [1.54, 1.807) is 0 Å². The predicted molar refractivity (Wildman–Crippen MR) is 90.8 cm³/mol. The van der Waals surface area contributed by atoms with E-state index in [0.29, 0.717) is 37.4 Å². The first-order chi connectivity index (χ1) is 11.8. The van der Waals surface area contributed by atoms with Gasteiger partial charge >= 0.3 is 0 Å². The zero-order valence-corrected chi connectivity index (χ0v) is 14.2. The summed E-state index contributed by atoms with van der Waals surface area (Å²) < 4.78 is 5.36. The van der Waals surface area contributed by atoms with E-state index in [0.717, 1.165) is 11.4 Å². The molecule has 1 unspecified atom stereocenters. The van der Waals surface area contributed by atoms with Crippen LogP contribution in [0.2, 0.25) is 0 Å². The number of hydrogen-bond acceptors (Lipinski definition) is 5. The van der Waals surface area contributed by atoms with Crippen molar-refractivity contribution >= 4 is 17.7 Å². The van der Waals surface area contributed by atoms with Gasteiger partial charge in [0.15, 0.2) is 0 Å². The number of aromatic nitrogens is 3. The van der Waals surface area contributed by atoms with Gasteiger partial charge in [-0.05, 0) is 18.4 Å². The fourth-order valence-corrected chi connectivity index (χ4v) is 3.80. The molecule has 1 aromatic heterocycles. The number of H-pyrrole nitrogens is 1. The lowest BCUT2D eigenvalue weighted by atomic mass is 10.1. The van der Waals surface area contributed by atoms with Crippen molar-refractivity contribution in [1.82, 2.24) is 20.1 Å². The van der Waals surface area contributed by atoms with Crippen molar-refractivity contribution in [2.45, 2.75) is 29.2 Å². The Bertz CT molecular complexity index is 696. The highest BCUT2D eigenvalue weighted by molar-refractivity contribution is 8.00. The van der Waals surface area contributed by atoms with Crippen LogP contribution in [0.4, 0.5) is 0 Å². The van der Waals surface area contributed by atoms with E-state index in [-0.39, 0.29) is 11.2 Å². The normalized spacial score (nSPS) is 19.2. The maximum atomic E-state index is 13.0. The molecule has 1 atom stereocenters. The van der Waals surface area contributed by atoms with Crippen LogP contribution in [0.3, 0.4) is 0 Å². The van der Waals surface area contributed by atoms with Gasteiger partial charge in [0.05, 0.1) is 13.2 Å². The average molecular weight is 344 g/mol. The number of aromatic amines is 1. The SMILES string of the molecule is O=C(C(Sc1n[nH]c(C2CC2)n1)c1ccccc1)N1CCOCC1. The van der Waals surface area contributed by atoms with Gasteiger partial charge in [-0.2, -0.15) is 0 Å². The molecule has 24 heavy (non-hydrogen) atoms. The third kappa shape index (κ3) is 3.47. The summed E-state index contributed by atoms with van der Waals surface area (Å²) in [6.45, 7) is 2.49. The van der Waals surface area contributed by atoms with Crippen LogP contribution in [0, 0.1) is 0 Å². The number of nitrogens with zero attached hydrogens (tertiary/aromatic N) is 3. The van der Waals surface area contributed by atoms with Gasteiger partial charge in [-0.25, -0.2) is 4.98 Å². The largest absolute Gasteiger partial charge is 0.378 e. The lowest BCUT2D eigenvalue weighted by Gasteiger charge is -2.30. The van der Waals surface area contributed by atoms with E-state index in [9.17, 15) is 4.79 Å². The minimum Gasteiger partial charge on any atom is -0.378 e. The minimum atomic E-state index is -0.327. The topological polar surface area (TPSA) is 71.1 Å². The molecule has 1 aromatic carbocycles. The fraction of sp³-hybridized carbons (Fsp3) is 0.471. The second-order valence-electron chi connectivity index (χ2n) is 6.12. The van der Waals surface area contributed by atoms with Gasteiger partial charge in [0.2, 0.25) is 11.1 Å². The maximum Gasteiger partial charge on any atom is 0.240 e. The standard InChI is InChI=1S/C17H20N4O2S/c22-16(21-8-10-23-11-9-21)14(12-4-2-1-3-5-12)24-17-18-15(19-20-17)13-6-7-13/h1-5,13-14H,6-11H2,(H,18,19,20). The summed E-state index contributed by atoms with van der Waals surface area (Å²) in [5.74, 6) is 1.58. The Morgan fingerprint density at radius 1 is 1.25 bits per heavy atom. The highest BCUT2D eigenvalue weighted by Gasteiger charge is 2.31. The Kier molecular flexibility index (Phi) is 4.53. The van der Waals surface area contributed by atoms with E-state index in [4.69, 9.17) is 4.74 Å². The van der Waals surface area contributed by atoms with Crippen molar-refractivity contribution in [2.75, 3.05) is 26.3 Å². The van der Waals surface area contributed by atoms with Crippen LogP contribution in [-0.2, 0) is 9.53 Å². The molecule has 2 aromatic rings. The highest BCUT2D eigenvalue weighted by Crippen LogP contribution is 2.40. The molecule has 2 fully saturated rings. The summed E-state index contributed by atoms with van der Waals surface area (Å²) in [6, 6.07) is 9.86. The van der Waals surface area contributed by atoms with Crippen molar-refractivity contribution in [2.24, 2.45) is 0 Å². The lowest BCUT2D eigenvalue weighted by Crippen LogP contribution is -2.42. The minimum absolute atomic E-state index is 0.104. The van der Waals surface area contributed by atoms with Crippen molar-refractivity contribution in [3.05, 3.63) is 41.7 Å². The first-order valence-electron chi connectivity index (χ1n) is 8.31. The van der Waals surface area contributed by atoms with Crippen LogP contribution in [0.1, 0.15) is 35.4 Å². The summed E-state index contributed by atoms with van der Waals surface area (Å²) in [5.41, 5.74) is 0.983. The van der Waals surface area contributed by atoms with Crippen molar-refractivity contribution in [3.8, 4) is 0 Å². The summed E-state index contributed by atoms with van der Waals surface area (Å²) >= 11 is 1.42. The van der Waals surface area contributed by atoms with Gasteiger partial charge in [-0.15, -0.1) is 5.10 Å². The third-order valence-electron chi connectivity index (χ3n) is 4.32. The summed E-state index contributed by atoms with van der Waals surface area (Å²) in [6.07, 6.45) is 2.35. The summed E-state index contributed by atoms with van der Waals surface area (Å²) in [5, 5.41) is 7.64. The molecule has 1 aliphatic carbocycles. The number of morpholine rings is 1. The Morgan fingerprint density at radius 2 is 2.00 bits per heavy atom. The Morgan fingerprint density at radius 3 is 2.71 bits per heavy atom. The molecule has 0 bridgehead atoms. The van der Waals surface area contributed by atoms with E-state index in [1.165, 1.54) is 24.6 Å². The predicted octanol–water partition coefficient (Wildman–Crippen LogP) is 2.37. The van der Waals surface area contributed by atoms with Gasteiger partial charge in [0.25, 0.3) is 0 Å². The molecule has 2 heterocycles. The first-order valence-corrected chi connectivity index (χ1v) is 9.19. The van der Waals surface area contributed by atoms with Crippen LogP contribution in [0.25, 0.3) is 0 Å². The van der Waals surface area contributed by atoms with Gasteiger partial charge in [-0.3, -0.25) is 9.89 Å². The second-order valence-corrected chi connectivity index (χ2v) is 7.20. The van der Waals surface area contributed by atoms with E-state index in [1.807, 2.05) is 35.2 Å². The molecular formula is C17H20N4O2S. The number of benzene rings is 1. The monoisotopic (exact) mass is 344 g/mol. The highest BCUT2D eigenvalue weighted by atomic mass is 32.2. The molecule has 7 heteroatoms. The van der Waals surface area contributed by atoms with Gasteiger partial charge in [0, 0.05) is 19.0 Å². The van der Waals surface area contributed by atoms with Crippen molar-refractivity contribution in [3.63, 3.8) is 0 Å².